The highest BCUT2D eigenvalue weighted by atomic mass is 19.1. The van der Waals surface area contributed by atoms with Crippen LogP contribution in [0.5, 0.6) is 0 Å². The maximum Gasteiger partial charge on any atom is 0.289 e. The molecule has 4 atom stereocenters. The van der Waals surface area contributed by atoms with E-state index in [0.717, 1.165) is 25.7 Å². The Morgan fingerprint density at radius 2 is 1.80 bits per heavy atom. The molecule has 1 spiro atoms. The standard InChI is InChI=1S/C36H50FN5O7/c1-6-7-26(30(44)33(46)38-24-9-10-24)39-32(45)28-19-36(18-27(41-49-36)23-8-11-25(37)21(2)16-23)20-42(28)34(47)31(35(3,4)5)40-29(43)17-22-12-14-48-15-13-22/h8,11,16,18,22,24,26,28,31,41H,6-7,9-10,12-15,17,19-20H2,1-5H3,(H,38,46)(H,39,45)(H,40,43)/t26-,28-,31+,36+/m0/s1. The van der Waals surface area contributed by atoms with Crippen molar-refractivity contribution in [2.75, 3.05) is 19.8 Å². The summed E-state index contributed by atoms with van der Waals surface area (Å²) in [6.07, 6.45) is 6.02. The van der Waals surface area contributed by atoms with Crippen LogP contribution < -0.4 is 21.4 Å². The van der Waals surface area contributed by atoms with Crippen LogP contribution in [0.15, 0.2) is 24.3 Å². The summed E-state index contributed by atoms with van der Waals surface area (Å²) >= 11 is 0. The summed E-state index contributed by atoms with van der Waals surface area (Å²) in [6.45, 7) is 10.2. The third-order valence-electron chi connectivity index (χ3n) is 9.76. The molecule has 0 radical (unpaired) electrons. The number of hydrogen-bond acceptors (Lipinski definition) is 8. The van der Waals surface area contributed by atoms with Crippen molar-refractivity contribution >= 4 is 35.1 Å². The summed E-state index contributed by atoms with van der Waals surface area (Å²) in [4.78, 5) is 75.3. The molecule has 1 aliphatic carbocycles. The lowest BCUT2D eigenvalue weighted by Gasteiger charge is -2.36. The minimum absolute atomic E-state index is 0.0221. The summed E-state index contributed by atoms with van der Waals surface area (Å²) < 4.78 is 19.5. The maximum absolute atomic E-state index is 14.5. The fourth-order valence-electron chi connectivity index (χ4n) is 6.69. The van der Waals surface area contributed by atoms with Gasteiger partial charge in [0.2, 0.25) is 23.5 Å². The number of benzene rings is 1. The summed E-state index contributed by atoms with van der Waals surface area (Å²) in [5.41, 5.74) is 2.73. The minimum Gasteiger partial charge on any atom is -0.381 e. The van der Waals surface area contributed by atoms with Crippen molar-refractivity contribution in [1.82, 2.24) is 26.3 Å². The second kappa shape index (κ2) is 15.0. The molecule has 1 aromatic rings. The van der Waals surface area contributed by atoms with Crippen LogP contribution >= 0.6 is 0 Å². The van der Waals surface area contributed by atoms with Crippen molar-refractivity contribution in [3.63, 3.8) is 0 Å². The number of hydroxylamine groups is 1. The zero-order valence-corrected chi connectivity index (χ0v) is 29.2. The van der Waals surface area contributed by atoms with Gasteiger partial charge in [-0.25, -0.2) is 4.39 Å². The molecule has 13 heteroatoms. The third kappa shape index (κ3) is 8.85. The molecule has 3 heterocycles. The highest BCUT2D eigenvalue weighted by molar-refractivity contribution is 6.38. The first-order valence-electron chi connectivity index (χ1n) is 17.5. The van der Waals surface area contributed by atoms with E-state index < -0.39 is 52.6 Å². The number of halogens is 1. The van der Waals surface area contributed by atoms with E-state index >= 15 is 0 Å². The van der Waals surface area contributed by atoms with Crippen molar-refractivity contribution in [2.24, 2.45) is 11.3 Å². The van der Waals surface area contributed by atoms with Crippen molar-refractivity contribution in [3.8, 4) is 0 Å². The van der Waals surface area contributed by atoms with Crippen LogP contribution in [0.3, 0.4) is 0 Å². The number of aryl methyl sites for hydroxylation is 1. The SMILES string of the molecule is CCC[C@H](NC(=O)[C@@H]1C[C@]2(C=C(c3ccc(F)c(C)c3)NO2)CN1C(=O)[C@@H](NC(=O)CC1CCOCC1)C(C)(C)C)C(=O)C(=O)NC1CC1. The Hall–Kier alpha value is -3.84. The molecule has 1 saturated carbocycles. The number of nitrogens with zero attached hydrogens (tertiary/aromatic N) is 1. The monoisotopic (exact) mass is 683 g/mol. The van der Waals surface area contributed by atoms with Gasteiger partial charge in [0.25, 0.3) is 5.91 Å². The quantitative estimate of drug-likeness (QED) is 0.245. The van der Waals surface area contributed by atoms with E-state index in [2.05, 4.69) is 21.4 Å². The molecule has 3 fully saturated rings. The van der Waals surface area contributed by atoms with Crippen LogP contribution in [-0.4, -0.2) is 83.8 Å². The molecular formula is C36H50FN5O7. The zero-order valence-electron chi connectivity index (χ0n) is 29.2. The summed E-state index contributed by atoms with van der Waals surface area (Å²) in [5, 5.41) is 8.44. The molecule has 2 saturated heterocycles. The number of carbonyl (C=O) groups is 5. The number of Topliss-reactive ketones (excluding diaryl/α,β-unsaturated/α-hetero) is 1. The first-order chi connectivity index (χ1) is 23.2. The zero-order chi connectivity index (χ0) is 35.5. The molecule has 0 bridgehead atoms. The molecule has 3 aliphatic heterocycles. The molecule has 4 aliphatic rings. The van der Waals surface area contributed by atoms with Crippen LogP contribution in [0.4, 0.5) is 4.39 Å². The molecule has 0 unspecified atom stereocenters. The second-order valence-electron chi connectivity index (χ2n) is 15.1. The van der Waals surface area contributed by atoms with E-state index in [1.807, 2.05) is 27.7 Å². The second-order valence-corrected chi connectivity index (χ2v) is 15.1. The van der Waals surface area contributed by atoms with Crippen LogP contribution in [0.25, 0.3) is 5.70 Å². The van der Waals surface area contributed by atoms with Gasteiger partial charge in [0.05, 0.1) is 18.3 Å². The molecule has 49 heavy (non-hydrogen) atoms. The average molecular weight is 684 g/mol. The molecule has 4 amide bonds. The first-order valence-corrected chi connectivity index (χ1v) is 17.5. The number of amides is 4. The fourth-order valence-corrected chi connectivity index (χ4v) is 6.69. The Morgan fingerprint density at radius 3 is 2.43 bits per heavy atom. The van der Waals surface area contributed by atoms with E-state index in [0.29, 0.717) is 36.5 Å². The predicted octanol–water partition coefficient (Wildman–Crippen LogP) is 2.83. The highest BCUT2D eigenvalue weighted by Crippen LogP contribution is 2.39. The number of likely N-dealkylation sites (tertiary alicyclic amines) is 1. The molecule has 268 valence electrons. The molecule has 1 aromatic carbocycles. The fraction of sp³-hybridized carbons (Fsp3) is 0.639. The van der Waals surface area contributed by atoms with Gasteiger partial charge >= 0.3 is 0 Å². The Balaban J connectivity index is 1.41. The van der Waals surface area contributed by atoms with Gasteiger partial charge in [-0.3, -0.25) is 34.3 Å². The average Bonchev–Trinajstić information content (AvgIpc) is 3.65. The van der Waals surface area contributed by atoms with Crippen molar-refractivity contribution in [1.29, 1.82) is 0 Å². The van der Waals surface area contributed by atoms with Crippen LogP contribution in [-0.2, 0) is 33.5 Å². The summed E-state index contributed by atoms with van der Waals surface area (Å²) in [5.74, 6) is -2.96. The smallest absolute Gasteiger partial charge is 0.289 e. The van der Waals surface area contributed by atoms with E-state index in [4.69, 9.17) is 9.57 Å². The predicted molar refractivity (Wildman–Crippen MR) is 179 cm³/mol. The van der Waals surface area contributed by atoms with Gasteiger partial charge in [0, 0.05) is 37.7 Å². The van der Waals surface area contributed by atoms with Crippen molar-refractivity contribution < 1.29 is 37.9 Å². The van der Waals surface area contributed by atoms with Gasteiger partial charge in [-0.05, 0) is 80.2 Å². The van der Waals surface area contributed by atoms with Gasteiger partial charge in [-0.15, -0.1) is 0 Å². The summed E-state index contributed by atoms with van der Waals surface area (Å²) in [7, 11) is 0. The number of ketones is 1. The molecule has 12 nitrogen and oxygen atoms in total. The normalized spacial score (nSPS) is 23.8. The van der Waals surface area contributed by atoms with E-state index in [1.165, 1.54) is 11.0 Å². The van der Waals surface area contributed by atoms with E-state index in [-0.39, 0.29) is 49.5 Å². The molecule has 5 rings (SSSR count). The minimum atomic E-state index is -1.14. The van der Waals surface area contributed by atoms with Crippen LogP contribution in [0.2, 0.25) is 0 Å². The number of nitrogens with one attached hydrogen (secondary N) is 4. The van der Waals surface area contributed by atoms with Gasteiger partial charge < -0.3 is 25.6 Å². The van der Waals surface area contributed by atoms with Gasteiger partial charge in [0.15, 0.2) is 0 Å². The lowest BCUT2D eigenvalue weighted by atomic mass is 9.85. The van der Waals surface area contributed by atoms with Gasteiger partial charge in [-0.2, -0.15) is 0 Å². The Bertz CT molecular complexity index is 1480. The third-order valence-corrected chi connectivity index (χ3v) is 9.76. The van der Waals surface area contributed by atoms with Gasteiger partial charge in [0.1, 0.15) is 23.5 Å². The lowest BCUT2D eigenvalue weighted by Crippen LogP contribution is -2.59. The molecule has 0 aromatic heterocycles. The Kier molecular flexibility index (Phi) is 11.1. The van der Waals surface area contributed by atoms with E-state index in [1.54, 1.807) is 25.1 Å². The Labute approximate surface area is 287 Å². The number of ether oxygens (including phenoxy) is 1. The number of carbonyl (C=O) groups excluding carboxylic acids is 5. The van der Waals surface area contributed by atoms with Gasteiger partial charge in [-0.1, -0.05) is 34.1 Å². The van der Waals surface area contributed by atoms with Crippen molar-refractivity contribution in [3.05, 3.63) is 41.2 Å². The Morgan fingerprint density at radius 1 is 1.08 bits per heavy atom. The highest BCUT2D eigenvalue weighted by Gasteiger charge is 2.54. The number of rotatable bonds is 12. The topological polar surface area (TPSA) is 155 Å². The summed E-state index contributed by atoms with van der Waals surface area (Å²) in [6, 6.07) is 1.50. The van der Waals surface area contributed by atoms with Crippen LogP contribution in [0, 0.1) is 24.1 Å². The largest absolute Gasteiger partial charge is 0.381 e. The van der Waals surface area contributed by atoms with E-state index in [9.17, 15) is 28.4 Å². The first kappa shape index (κ1) is 36.4. The molecular weight excluding hydrogens is 633 g/mol. The van der Waals surface area contributed by atoms with Crippen LogP contribution in [0.1, 0.15) is 90.2 Å². The molecule has 4 N–H and O–H groups in total. The van der Waals surface area contributed by atoms with Crippen molar-refractivity contribution in [2.45, 2.75) is 116 Å². The number of hydrogen-bond donors (Lipinski definition) is 4. The lowest BCUT2D eigenvalue weighted by molar-refractivity contribution is -0.145. The maximum atomic E-state index is 14.5.